The molecule has 0 aliphatic carbocycles. The van der Waals surface area contributed by atoms with E-state index in [1.165, 1.54) is 13.4 Å². The third kappa shape index (κ3) is 5.95. The van der Waals surface area contributed by atoms with Crippen LogP contribution in [0.3, 0.4) is 0 Å². The summed E-state index contributed by atoms with van der Waals surface area (Å²) in [6, 6.07) is 9.59. The first-order valence-electron chi connectivity index (χ1n) is 10.8. The number of fused-ring (bicyclic) bond motifs is 2. The number of hydrogen-bond acceptors (Lipinski definition) is 7. The first kappa shape index (κ1) is 24.6. The molecule has 0 radical (unpaired) electrons. The molecule has 1 aliphatic heterocycles. The Morgan fingerprint density at radius 3 is 2.71 bits per heavy atom. The molecule has 3 aromatic heterocycles. The first-order valence-corrected chi connectivity index (χ1v) is 11.6. The van der Waals surface area contributed by atoms with E-state index in [-0.39, 0.29) is 12.3 Å². The van der Waals surface area contributed by atoms with Gasteiger partial charge < -0.3 is 23.9 Å². The third-order valence-electron chi connectivity index (χ3n) is 5.41. The number of ether oxygens (including phenoxy) is 3. The highest BCUT2D eigenvalue weighted by Crippen LogP contribution is 2.32. The molecule has 1 aromatic carbocycles. The van der Waals surface area contributed by atoms with Gasteiger partial charge in [-0.3, -0.25) is 4.98 Å². The van der Waals surface area contributed by atoms with Gasteiger partial charge in [-0.25, -0.2) is 9.97 Å². The number of rotatable bonds is 5. The van der Waals surface area contributed by atoms with Crippen LogP contribution in [0.25, 0.3) is 21.9 Å². The van der Waals surface area contributed by atoms with E-state index in [0.717, 1.165) is 40.5 Å². The lowest BCUT2D eigenvalue weighted by Gasteiger charge is -2.16. The van der Waals surface area contributed by atoms with Gasteiger partial charge in [-0.2, -0.15) is 0 Å². The fourth-order valence-corrected chi connectivity index (χ4v) is 3.90. The Bertz CT molecular complexity index is 1280. The number of pyridine rings is 1. The summed E-state index contributed by atoms with van der Waals surface area (Å²) in [5.74, 6) is -0.194. The predicted molar refractivity (Wildman–Crippen MR) is 131 cm³/mol. The van der Waals surface area contributed by atoms with Crippen molar-refractivity contribution in [1.29, 1.82) is 0 Å². The molecule has 180 valence electrons. The predicted octanol–water partition coefficient (Wildman–Crippen LogP) is 5.40. The van der Waals surface area contributed by atoms with Gasteiger partial charge in [-0.1, -0.05) is 23.2 Å². The van der Waals surface area contributed by atoms with E-state index in [9.17, 15) is 0 Å². The summed E-state index contributed by atoms with van der Waals surface area (Å²) in [5, 5.41) is 11.5. The maximum Gasteiger partial charge on any atom is 0.159 e. The standard InChI is InChI=1S/C20H16Cl2N4O2.C4H10O2/c21-13-7-12-1-2-14(8-17(12)23-9-13)27-10-15-3-4-18(28-15)26-6-5-16-19(22)24-11-25-20(16)26;1-4(2,5)6-3/h1-2,5-9,11,15,18H,3-4,10H2;5H,1-3H3/t15-,18+;/m0./s1. The van der Waals surface area contributed by atoms with Gasteiger partial charge in [0.25, 0.3) is 0 Å². The van der Waals surface area contributed by atoms with Gasteiger partial charge >= 0.3 is 0 Å². The maximum atomic E-state index is 8.60. The van der Waals surface area contributed by atoms with Crippen molar-refractivity contribution in [1.82, 2.24) is 19.5 Å². The summed E-state index contributed by atoms with van der Waals surface area (Å²) in [7, 11) is 1.46. The Balaban J connectivity index is 0.000000408. The van der Waals surface area contributed by atoms with Crippen molar-refractivity contribution < 1.29 is 19.3 Å². The van der Waals surface area contributed by atoms with Crippen molar-refractivity contribution in [2.45, 2.75) is 44.8 Å². The normalized spacial score (nSPS) is 18.2. The number of methoxy groups -OCH3 is 1. The second-order valence-corrected chi connectivity index (χ2v) is 9.18. The zero-order chi connectivity index (χ0) is 24.3. The van der Waals surface area contributed by atoms with Crippen LogP contribution in [0.1, 0.15) is 32.9 Å². The summed E-state index contributed by atoms with van der Waals surface area (Å²) in [6.07, 6.45) is 6.76. The van der Waals surface area contributed by atoms with Gasteiger partial charge in [-0.15, -0.1) is 0 Å². The molecule has 4 heterocycles. The van der Waals surface area contributed by atoms with E-state index in [1.807, 2.05) is 41.1 Å². The van der Waals surface area contributed by atoms with Gasteiger partial charge in [-0.05, 0) is 51.0 Å². The molecule has 1 aliphatic rings. The number of aromatic nitrogens is 4. The number of benzene rings is 1. The minimum atomic E-state index is -0.958. The molecular weight excluding hydrogens is 479 g/mol. The second kappa shape index (κ2) is 10.4. The quantitative estimate of drug-likeness (QED) is 0.287. The summed E-state index contributed by atoms with van der Waals surface area (Å²) in [4.78, 5) is 12.7. The van der Waals surface area contributed by atoms with E-state index >= 15 is 0 Å². The zero-order valence-electron chi connectivity index (χ0n) is 19.1. The Hall–Kier alpha value is -2.49. The van der Waals surface area contributed by atoms with E-state index < -0.39 is 5.79 Å². The van der Waals surface area contributed by atoms with Crippen LogP contribution in [0.5, 0.6) is 5.75 Å². The molecule has 34 heavy (non-hydrogen) atoms. The number of halogens is 2. The van der Waals surface area contributed by atoms with Crippen molar-refractivity contribution in [2.24, 2.45) is 0 Å². The lowest BCUT2D eigenvalue weighted by Crippen LogP contribution is -2.20. The highest BCUT2D eigenvalue weighted by atomic mass is 35.5. The molecule has 0 amide bonds. The van der Waals surface area contributed by atoms with Crippen LogP contribution in [0.15, 0.2) is 49.1 Å². The zero-order valence-corrected chi connectivity index (χ0v) is 20.6. The summed E-state index contributed by atoms with van der Waals surface area (Å²) >= 11 is 12.1. The Morgan fingerprint density at radius 1 is 1.15 bits per heavy atom. The molecule has 4 aromatic rings. The average molecular weight is 505 g/mol. The Kier molecular flexibility index (Phi) is 7.54. The van der Waals surface area contributed by atoms with Crippen LogP contribution in [0.2, 0.25) is 10.2 Å². The monoisotopic (exact) mass is 504 g/mol. The van der Waals surface area contributed by atoms with Crippen molar-refractivity contribution in [3.63, 3.8) is 0 Å². The van der Waals surface area contributed by atoms with Crippen LogP contribution in [0, 0.1) is 0 Å². The van der Waals surface area contributed by atoms with Crippen molar-refractivity contribution >= 4 is 45.1 Å². The minimum absolute atomic E-state index is 0.00799. The van der Waals surface area contributed by atoms with Crippen molar-refractivity contribution in [3.05, 3.63) is 59.2 Å². The van der Waals surface area contributed by atoms with Crippen LogP contribution in [0.4, 0.5) is 0 Å². The summed E-state index contributed by atoms with van der Waals surface area (Å²) in [6.45, 7) is 3.63. The van der Waals surface area contributed by atoms with Crippen LogP contribution in [-0.2, 0) is 9.47 Å². The molecule has 0 bridgehead atoms. The maximum absolute atomic E-state index is 8.60. The van der Waals surface area contributed by atoms with Gasteiger partial charge in [0.1, 0.15) is 35.7 Å². The molecule has 8 nitrogen and oxygen atoms in total. The minimum Gasteiger partial charge on any atom is -0.491 e. The first-order chi connectivity index (χ1) is 16.2. The molecular formula is C24H26Cl2N4O4. The second-order valence-electron chi connectivity index (χ2n) is 8.38. The Morgan fingerprint density at radius 2 is 1.94 bits per heavy atom. The largest absolute Gasteiger partial charge is 0.491 e. The molecule has 2 atom stereocenters. The number of aliphatic hydroxyl groups is 1. The molecule has 1 fully saturated rings. The van der Waals surface area contributed by atoms with Crippen LogP contribution in [-0.4, -0.2) is 50.2 Å². The van der Waals surface area contributed by atoms with E-state index in [2.05, 4.69) is 19.7 Å². The molecule has 0 unspecified atom stereocenters. The highest BCUT2D eigenvalue weighted by molar-refractivity contribution is 6.33. The molecule has 10 heteroatoms. The molecule has 1 N–H and O–H groups in total. The van der Waals surface area contributed by atoms with Gasteiger partial charge in [0, 0.05) is 31.0 Å². The number of hydrogen-bond donors (Lipinski definition) is 1. The van der Waals surface area contributed by atoms with Gasteiger partial charge in [0.15, 0.2) is 5.79 Å². The number of nitrogens with zero attached hydrogens (tertiary/aromatic N) is 4. The molecule has 0 spiro atoms. The van der Waals surface area contributed by atoms with Crippen molar-refractivity contribution in [2.75, 3.05) is 13.7 Å². The molecule has 0 saturated carbocycles. The average Bonchev–Trinajstić information content (AvgIpc) is 3.45. The lowest BCUT2D eigenvalue weighted by molar-refractivity contribution is -0.155. The van der Waals surface area contributed by atoms with E-state index in [1.54, 1.807) is 20.0 Å². The fourth-order valence-electron chi connectivity index (χ4n) is 3.54. The third-order valence-corrected chi connectivity index (χ3v) is 5.92. The van der Waals surface area contributed by atoms with Gasteiger partial charge in [0.2, 0.25) is 0 Å². The van der Waals surface area contributed by atoms with Crippen LogP contribution >= 0.6 is 23.2 Å². The summed E-state index contributed by atoms with van der Waals surface area (Å²) < 4.78 is 18.6. The van der Waals surface area contributed by atoms with E-state index in [4.69, 9.17) is 37.8 Å². The summed E-state index contributed by atoms with van der Waals surface area (Å²) in [5.41, 5.74) is 1.63. The SMILES string of the molecule is COC(C)(C)O.Clc1cnc2cc(OC[C@@H]3CC[C@H](n4ccc5c(Cl)ncnc54)O3)ccc2c1. The lowest BCUT2D eigenvalue weighted by atomic mass is 10.2. The molecule has 1 saturated heterocycles. The van der Waals surface area contributed by atoms with E-state index in [0.29, 0.717) is 16.8 Å². The topological polar surface area (TPSA) is 91.5 Å². The smallest absolute Gasteiger partial charge is 0.159 e. The highest BCUT2D eigenvalue weighted by Gasteiger charge is 2.28. The Labute approximate surface area is 207 Å². The van der Waals surface area contributed by atoms with Crippen LogP contribution < -0.4 is 4.74 Å². The van der Waals surface area contributed by atoms with Gasteiger partial charge in [0.05, 0.1) is 22.0 Å². The fraction of sp³-hybridized carbons (Fsp3) is 0.375. The molecule has 5 rings (SSSR count). The van der Waals surface area contributed by atoms with Crippen molar-refractivity contribution in [3.8, 4) is 5.75 Å².